The van der Waals surface area contributed by atoms with E-state index in [-0.39, 0.29) is 17.4 Å². The van der Waals surface area contributed by atoms with Crippen molar-refractivity contribution in [2.75, 3.05) is 0 Å². The van der Waals surface area contributed by atoms with E-state index in [4.69, 9.17) is 0 Å². The van der Waals surface area contributed by atoms with Crippen LogP contribution in [-0.4, -0.2) is 20.1 Å². The van der Waals surface area contributed by atoms with E-state index in [1.54, 1.807) is 12.4 Å². The first-order valence-corrected chi connectivity index (χ1v) is 7.47. The molecule has 1 fully saturated rings. The number of rotatable bonds is 3. The lowest BCUT2D eigenvalue weighted by molar-refractivity contribution is 0.436. The number of hydrogen-bond donors (Lipinski definition) is 2. The average Bonchev–Trinajstić information content (AvgIpc) is 3.00. The summed E-state index contributed by atoms with van der Waals surface area (Å²) in [7, 11) is 0. The summed E-state index contributed by atoms with van der Waals surface area (Å²) >= 11 is 0. The first kappa shape index (κ1) is 13.8. The van der Waals surface area contributed by atoms with Crippen LogP contribution in [0.3, 0.4) is 0 Å². The van der Waals surface area contributed by atoms with Crippen molar-refractivity contribution in [1.29, 1.82) is 0 Å². The Balaban J connectivity index is 2.08. The van der Waals surface area contributed by atoms with E-state index in [0.29, 0.717) is 11.4 Å². The Kier molecular flexibility index (Phi) is 3.73. The third kappa shape index (κ3) is 2.55. The van der Waals surface area contributed by atoms with Gasteiger partial charge in [-0.25, -0.2) is 0 Å². The summed E-state index contributed by atoms with van der Waals surface area (Å²) in [6, 6.07) is 1.81. The molecule has 2 aromatic rings. The molecule has 1 saturated carbocycles. The van der Waals surface area contributed by atoms with E-state index in [0.717, 1.165) is 43.2 Å². The zero-order valence-electron chi connectivity index (χ0n) is 12.1. The van der Waals surface area contributed by atoms with E-state index in [1.807, 2.05) is 13.0 Å². The highest BCUT2D eigenvalue weighted by Crippen LogP contribution is 2.36. The molecule has 1 aliphatic rings. The Morgan fingerprint density at radius 2 is 2.14 bits per heavy atom. The van der Waals surface area contributed by atoms with Crippen molar-refractivity contribution in [3.63, 3.8) is 0 Å². The van der Waals surface area contributed by atoms with Gasteiger partial charge >= 0.3 is 0 Å². The van der Waals surface area contributed by atoms with Crippen LogP contribution in [0, 0.1) is 0 Å². The molecule has 2 heterocycles. The molecule has 0 aromatic carbocycles. The first-order chi connectivity index (χ1) is 10.2. The smallest absolute Gasteiger partial charge is 0.258 e. The van der Waals surface area contributed by atoms with Crippen LogP contribution in [0.15, 0.2) is 23.3 Å². The number of aromatic amines is 1. The van der Waals surface area contributed by atoms with E-state index in [9.17, 15) is 9.90 Å². The molecule has 0 radical (unpaired) electrons. The van der Waals surface area contributed by atoms with Gasteiger partial charge in [-0.1, -0.05) is 19.8 Å². The van der Waals surface area contributed by atoms with Crippen LogP contribution >= 0.6 is 0 Å². The molecule has 0 atom stereocenters. The summed E-state index contributed by atoms with van der Waals surface area (Å²) in [5.74, 6) is 0.427. The first-order valence-electron chi connectivity index (χ1n) is 7.47. The maximum atomic E-state index is 12.3. The molecule has 0 aliphatic heterocycles. The van der Waals surface area contributed by atoms with E-state index < -0.39 is 0 Å². The van der Waals surface area contributed by atoms with Gasteiger partial charge in [0, 0.05) is 18.0 Å². The number of nitrogens with zero attached hydrogens (tertiary/aromatic N) is 2. The normalized spacial score (nSPS) is 15.5. The van der Waals surface area contributed by atoms with Gasteiger partial charge in [0.1, 0.15) is 5.82 Å². The van der Waals surface area contributed by atoms with E-state index in [1.165, 1.54) is 0 Å². The van der Waals surface area contributed by atoms with E-state index in [2.05, 4.69) is 15.0 Å². The minimum atomic E-state index is -0.219. The lowest BCUT2D eigenvalue weighted by Crippen LogP contribution is -2.17. The van der Waals surface area contributed by atoms with Crippen LogP contribution in [0.4, 0.5) is 0 Å². The minimum absolute atomic E-state index is 0.125. The van der Waals surface area contributed by atoms with Crippen molar-refractivity contribution in [2.45, 2.75) is 44.9 Å². The molecule has 2 N–H and O–H groups in total. The maximum absolute atomic E-state index is 12.3. The van der Waals surface area contributed by atoms with E-state index >= 15 is 0 Å². The summed E-state index contributed by atoms with van der Waals surface area (Å²) < 4.78 is 0. The van der Waals surface area contributed by atoms with Gasteiger partial charge in [0.25, 0.3) is 5.56 Å². The molecule has 21 heavy (non-hydrogen) atoms. The maximum Gasteiger partial charge on any atom is 0.258 e. The highest BCUT2D eigenvalue weighted by atomic mass is 16.3. The fraction of sp³-hybridized carbons (Fsp3) is 0.438. The Morgan fingerprint density at radius 1 is 1.38 bits per heavy atom. The lowest BCUT2D eigenvalue weighted by atomic mass is 9.99. The monoisotopic (exact) mass is 285 g/mol. The average molecular weight is 285 g/mol. The fourth-order valence-electron chi connectivity index (χ4n) is 3.12. The third-order valence-electron chi connectivity index (χ3n) is 4.24. The van der Waals surface area contributed by atoms with Crippen LogP contribution in [0.1, 0.15) is 49.7 Å². The summed E-state index contributed by atoms with van der Waals surface area (Å²) in [5, 5.41) is 10.2. The molecule has 2 aromatic heterocycles. The number of aromatic nitrogens is 3. The molecule has 0 spiro atoms. The zero-order valence-corrected chi connectivity index (χ0v) is 12.1. The van der Waals surface area contributed by atoms with Crippen LogP contribution < -0.4 is 5.56 Å². The Hall–Kier alpha value is -2.17. The number of aromatic hydroxyl groups is 1. The van der Waals surface area contributed by atoms with Crippen LogP contribution in [0.5, 0.6) is 5.88 Å². The lowest BCUT2D eigenvalue weighted by Gasteiger charge is -2.12. The van der Waals surface area contributed by atoms with Gasteiger partial charge in [0.2, 0.25) is 5.88 Å². The predicted octanol–water partition coefficient (Wildman–Crippen LogP) is 2.76. The van der Waals surface area contributed by atoms with Crippen molar-refractivity contribution < 1.29 is 5.11 Å². The predicted molar refractivity (Wildman–Crippen MR) is 80.3 cm³/mol. The second-order valence-corrected chi connectivity index (χ2v) is 5.52. The van der Waals surface area contributed by atoms with Crippen molar-refractivity contribution in [2.24, 2.45) is 0 Å². The largest absolute Gasteiger partial charge is 0.493 e. The van der Waals surface area contributed by atoms with Crippen LogP contribution in [0.25, 0.3) is 11.4 Å². The minimum Gasteiger partial charge on any atom is -0.493 e. The van der Waals surface area contributed by atoms with Gasteiger partial charge in [0.05, 0.1) is 5.56 Å². The fourth-order valence-corrected chi connectivity index (χ4v) is 3.12. The molecule has 0 amide bonds. The third-order valence-corrected chi connectivity index (χ3v) is 4.24. The Labute approximate surface area is 123 Å². The van der Waals surface area contributed by atoms with Crippen molar-refractivity contribution in [3.05, 3.63) is 39.9 Å². The molecule has 110 valence electrons. The van der Waals surface area contributed by atoms with Crippen molar-refractivity contribution in [3.8, 4) is 17.3 Å². The number of nitrogens with one attached hydrogen (secondary N) is 1. The standard InChI is InChI=1S/C16H19N3O2/c1-2-10-9-17-8-7-12(10)14-18-15(20)13(16(21)19-14)11-5-3-4-6-11/h7-9,11H,2-6H2,1H3,(H2,18,19,20,21). The molecule has 3 rings (SSSR count). The topological polar surface area (TPSA) is 78.9 Å². The van der Waals surface area contributed by atoms with Crippen molar-refractivity contribution in [1.82, 2.24) is 15.0 Å². The molecule has 5 heteroatoms. The highest BCUT2D eigenvalue weighted by molar-refractivity contribution is 5.59. The molecular weight excluding hydrogens is 266 g/mol. The van der Waals surface area contributed by atoms with Gasteiger partial charge in [0.15, 0.2) is 0 Å². The van der Waals surface area contributed by atoms with Gasteiger partial charge in [-0.15, -0.1) is 0 Å². The second kappa shape index (κ2) is 5.68. The summed E-state index contributed by atoms with van der Waals surface area (Å²) in [4.78, 5) is 23.5. The molecule has 0 saturated heterocycles. The second-order valence-electron chi connectivity index (χ2n) is 5.52. The molecule has 1 aliphatic carbocycles. The summed E-state index contributed by atoms with van der Waals surface area (Å²) in [6.07, 6.45) is 8.33. The Bertz CT molecular complexity index is 703. The van der Waals surface area contributed by atoms with Crippen molar-refractivity contribution >= 4 is 0 Å². The summed E-state index contributed by atoms with van der Waals surface area (Å²) in [5.41, 5.74) is 2.04. The molecular formula is C16H19N3O2. The Morgan fingerprint density at radius 3 is 2.81 bits per heavy atom. The summed E-state index contributed by atoms with van der Waals surface area (Å²) in [6.45, 7) is 2.02. The van der Waals surface area contributed by atoms with Crippen LogP contribution in [-0.2, 0) is 6.42 Å². The SMILES string of the molecule is CCc1cnccc1-c1nc(O)c(C2CCCC2)c(=O)[nH]1. The van der Waals surface area contributed by atoms with Gasteiger partial charge < -0.3 is 10.1 Å². The number of hydrogen-bond acceptors (Lipinski definition) is 4. The number of aryl methyl sites for hydroxylation is 1. The van der Waals surface area contributed by atoms with Gasteiger partial charge in [-0.2, -0.15) is 4.98 Å². The molecule has 0 unspecified atom stereocenters. The highest BCUT2D eigenvalue weighted by Gasteiger charge is 2.25. The van der Waals surface area contributed by atoms with Crippen LogP contribution in [0.2, 0.25) is 0 Å². The zero-order chi connectivity index (χ0) is 14.8. The quantitative estimate of drug-likeness (QED) is 0.908. The molecule has 5 nitrogen and oxygen atoms in total. The number of H-pyrrole nitrogens is 1. The molecule has 0 bridgehead atoms. The number of pyridine rings is 1. The van der Waals surface area contributed by atoms with Gasteiger partial charge in [-0.05, 0) is 36.8 Å². The van der Waals surface area contributed by atoms with Gasteiger partial charge in [-0.3, -0.25) is 9.78 Å².